The Morgan fingerprint density at radius 1 is 1.39 bits per heavy atom. The molecule has 18 heavy (non-hydrogen) atoms. The van der Waals surface area contributed by atoms with Crippen molar-refractivity contribution in [3.05, 3.63) is 0 Å². The molecular weight excluding hydrogens is 261 g/mol. The third kappa shape index (κ3) is 3.53. The second-order valence-electron chi connectivity index (χ2n) is 3.63. The Morgan fingerprint density at radius 3 is 2.17 bits per heavy atom. The van der Waals surface area contributed by atoms with Gasteiger partial charge in [0.05, 0.1) is 6.61 Å². The molecule has 1 unspecified atom stereocenters. The molecule has 0 fully saturated rings. The number of hydrogen-bond donors (Lipinski definition) is 0. The van der Waals surface area contributed by atoms with Crippen LogP contribution in [0.5, 0.6) is 0 Å². The summed E-state index contributed by atoms with van der Waals surface area (Å²) in [6, 6.07) is 1.69. The number of carbonyl (C=O) groups excluding carboxylic acids is 1. The van der Waals surface area contributed by atoms with Crippen LogP contribution in [0.2, 0.25) is 0 Å². The Morgan fingerprint density at radius 2 is 1.89 bits per heavy atom. The zero-order valence-electron chi connectivity index (χ0n) is 11.1. The topological polar surface area (TPSA) is 94.9 Å². The van der Waals surface area contributed by atoms with E-state index < -0.39 is 25.3 Å². The third-order valence-electron chi connectivity index (χ3n) is 2.26. The van der Waals surface area contributed by atoms with Crippen LogP contribution in [0.1, 0.15) is 20.8 Å². The Kier molecular flexibility index (Phi) is 6.50. The van der Waals surface area contributed by atoms with Gasteiger partial charge in [0.1, 0.15) is 6.07 Å². The van der Waals surface area contributed by atoms with Crippen LogP contribution in [0.3, 0.4) is 0 Å². The van der Waals surface area contributed by atoms with E-state index in [9.17, 15) is 14.6 Å². The van der Waals surface area contributed by atoms with Crippen molar-refractivity contribution in [2.75, 3.05) is 20.8 Å². The predicted molar refractivity (Wildman–Crippen MR) is 62.5 cm³/mol. The normalized spacial score (nSPS) is 14.9. The average molecular weight is 279 g/mol. The van der Waals surface area contributed by atoms with Gasteiger partial charge in [-0.25, -0.2) is 9.36 Å². The summed E-state index contributed by atoms with van der Waals surface area (Å²) >= 11 is 0. The van der Waals surface area contributed by atoms with Gasteiger partial charge in [0.15, 0.2) is 0 Å². The number of phosphoric acid groups is 1. The molecule has 0 aliphatic carbocycles. The van der Waals surface area contributed by atoms with Gasteiger partial charge >= 0.3 is 13.8 Å². The zero-order valence-corrected chi connectivity index (χ0v) is 12.0. The van der Waals surface area contributed by atoms with E-state index in [1.54, 1.807) is 26.8 Å². The third-order valence-corrected chi connectivity index (χ3v) is 3.67. The first-order chi connectivity index (χ1) is 8.31. The van der Waals surface area contributed by atoms with E-state index in [0.717, 1.165) is 14.2 Å². The molecule has 8 heteroatoms. The lowest BCUT2D eigenvalue weighted by molar-refractivity contribution is -0.161. The minimum absolute atomic E-state index is 0.0720. The SMILES string of the molecule is CCOC(=O)C(C#N)(OP(=O)(OC)OC)C(C)C. The fourth-order valence-corrected chi connectivity index (χ4v) is 2.11. The molecule has 7 nitrogen and oxygen atoms in total. The fourth-order valence-electron chi connectivity index (χ4n) is 1.14. The monoisotopic (exact) mass is 279 g/mol. The molecule has 0 aliphatic heterocycles. The first-order valence-corrected chi connectivity index (χ1v) is 6.78. The van der Waals surface area contributed by atoms with Gasteiger partial charge in [0.25, 0.3) is 5.60 Å². The number of nitriles is 1. The van der Waals surface area contributed by atoms with Gasteiger partial charge in [0, 0.05) is 20.1 Å². The van der Waals surface area contributed by atoms with Crippen LogP contribution in [-0.2, 0) is 27.7 Å². The van der Waals surface area contributed by atoms with Crippen molar-refractivity contribution in [2.24, 2.45) is 5.92 Å². The van der Waals surface area contributed by atoms with Gasteiger partial charge in [-0.1, -0.05) is 13.8 Å². The number of rotatable bonds is 7. The van der Waals surface area contributed by atoms with Gasteiger partial charge in [-0.2, -0.15) is 5.26 Å². The summed E-state index contributed by atoms with van der Waals surface area (Å²) in [6.07, 6.45) is 0. The number of ether oxygens (including phenoxy) is 1. The maximum absolute atomic E-state index is 11.9. The summed E-state index contributed by atoms with van der Waals surface area (Å²) in [4.78, 5) is 11.8. The molecule has 0 rings (SSSR count). The number of esters is 1. The lowest BCUT2D eigenvalue weighted by atomic mass is 9.92. The summed E-state index contributed by atoms with van der Waals surface area (Å²) in [5, 5.41) is 9.19. The summed E-state index contributed by atoms with van der Waals surface area (Å²) in [5.74, 6) is -1.52. The predicted octanol–water partition coefficient (Wildman–Crippen LogP) is 1.89. The molecular formula is C10H18NO6P. The molecule has 0 saturated heterocycles. The summed E-state index contributed by atoms with van der Waals surface area (Å²) in [5.41, 5.74) is -2.03. The van der Waals surface area contributed by atoms with Crippen LogP contribution in [0.15, 0.2) is 0 Å². The Balaban J connectivity index is 5.44. The number of phosphoric ester groups is 1. The second kappa shape index (κ2) is 6.86. The molecule has 0 aromatic rings. The van der Waals surface area contributed by atoms with Crippen molar-refractivity contribution in [3.8, 4) is 6.07 Å². The van der Waals surface area contributed by atoms with Crippen molar-refractivity contribution in [1.29, 1.82) is 5.26 Å². The highest BCUT2D eigenvalue weighted by Crippen LogP contribution is 2.52. The highest BCUT2D eigenvalue weighted by molar-refractivity contribution is 7.48. The molecule has 0 aromatic heterocycles. The van der Waals surface area contributed by atoms with E-state index in [4.69, 9.17) is 9.26 Å². The minimum Gasteiger partial charge on any atom is -0.463 e. The van der Waals surface area contributed by atoms with Crippen molar-refractivity contribution in [3.63, 3.8) is 0 Å². The number of carbonyl (C=O) groups is 1. The minimum atomic E-state index is -3.97. The van der Waals surface area contributed by atoms with Gasteiger partial charge in [-0.05, 0) is 6.92 Å². The highest BCUT2D eigenvalue weighted by atomic mass is 31.2. The van der Waals surface area contributed by atoms with Crippen molar-refractivity contribution >= 4 is 13.8 Å². The van der Waals surface area contributed by atoms with Crippen molar-refractivity contribution in [1.82, 2.24) is 0 Å². The van der Waals surface area contributed by atoms with E-state index in [1.807, 2.05) is 0 Å². The molecule has 104 valence electrons. The van der Waals surface area contributed by atoms with Crippen LogP contribution in [-0.4, -0.2) is 32.4 Å². The lowest BCUT2D eigenvalue weighted by Crippen LogP contribution is -2.45. The molecule has 0 bridgehead atoms. The number of nitrogens with zero attached hydrogens (tertiary/aromatic N) is 1. The molecule has 0 saturated carbocycles. The standard InChI is InChI=1S/C10H18NO6P/c1-6-16-9(12)10(7-11,8(2)3)17-18(13,14-4)15-5/h8H,6H2,1-5H3. The lowest BCUT2D eigenvalue weighted by Gasteiger charge is -2.29. The van der Waals surface area contributed by atoms with E-state index in [0.29, 0.717) is 0 Å². The molecule has 0 spiro atoms. The van der Waals surface area contributed by atoms with Crippen molar-refractivity contribution in [2.45, 2.75) is 26.4 Å². The van der Waals surface area contributed by atoms with E-state index >= 15 is 0 Å². The first-order valence-electron chi connectivity index (χ1n) is 5.32. The smallest absolute Gasteiger partial charge is 0.463 e. The van der Waals surface area contributed by atoms with Gasteiger partial charge in [0.2, 0.25) is 0 Å². The zero-order chi connectivity index (χ0) is 14.4. The van der Waals surface area contributed by atoms with Crippen LogP contribution >= 0.6 is 7.82 Å². The molecule has 1 atom stereocenters. The Labute approximate surface area is 107 Å². The average Bonchev–Trinajstić information content (AvgIpc) is 2.35. The molecule has 0 amide bonds. The van der Waals surface area contributed by atoms with Crippen LogP contribution in [0.25, 0.3) is 0 Å². The van der Waals surface area contributed by atoms with Crippen LogP contribution < -0.4 is 0 Å². The molecule has 0 aromatic carbocycles. The number of hydrogen-bond acceptors (Lipinski definition) is 7. The highest BCUT2D eigenvalue weighted by Gasteiger charge is 2.51. The van der Waals surface area contributed by atoms with Gasteiger partial charge in [-0.15, -0.1) is 0 Å². The first kappa shape index (κ1) is 17.1. The van der Waals surface area contributed by atoms with Crippen molar-refractivity contribution < 1.29 is 27.7 Å². The Hall–Kier alpha value is -0.930. The van der Waals surface area contributed by atoms with Crippen LogP contribution in [0.4, 0.5) is 0 Å². The summed E-state index contributed by atoms with van der Waals surface area (Å²) < 4.78 is 30.9. The van der Waals surface area contributed by atoms with Crippen LogP contribution in [0, 0.1) is 17.2 Å². The molecule has 0 heterocycles. The maximum atomic E-state index is 11.9. The molecule has 0 N–H and O–H groups in total. The van der Waals surface area contributed by atoms with E-state index in [-0.39, 0.29) is 6.61 Å². The van der Waals surface area contributed by atoms with Gasteiger partial charge in [-0.3, -0.25) is 13.6 Å². The molecule has 0 aliphatic rings. The van der Waals surface area contributed by atoms with E-state index in [2.05, 4.69) is 9.05 Å². The largest absolute Gasteiger partial charge is 0.476 e. The Bertz CT molecular complexity index is 369. The maximum Gasteiger partial charge on any atom is 0.476 e. The second-order valence-corrected chi connectivity index (χ2v) is 5.43. The quantitative estimate of drug-likeness (QED) is 0.518. The summed E-state index contributed by atoms with van der Waals surface area (Å²) in [7, 11) is -1.78. The summed E-state index contributed by atoms with van der Waals surface area (Å²) in [6.45, 7) is 4.79. The molecule has 0 radical (unpaired) electrons. The van der Waals surface area contributed by atoms with E-state index in [1.165, 1.54) is 0 Å². The fraction of sp³-hybridized carbons (Fsp3) is 0.800. The van der Waals surface area contributed by atoms with Gasteiger partial charge < -0.3 is 4.74 Å².